The number of halogens is 2. The minimum absolute atomic E-state index is 0.00414. The van der Waals surface area contributed by atoms with Crippen LogP contribution in [0.2, 0.25) is 0 Å². The molecule has 0 saturated carbocycles. The van der Waals surface area contributed by atoms with E-state index in [1.807, 2.05) is 4.90 Å². The van der Waals surface area contributed by atoms with Gasteiger partial charge in [-0.15, -0.1) is 0 Å². The predicted molar refractivity (Wildman–Crippen MR) is 100 cm³/mol. The second-order valence-corrected chi connectivity index (χ2v) is 8.11. The fourth-order valence-corrected chi connectivity index (χ4v) is 3.86. The number of hydrogen-bond acceptors (Lipinski definition) is 6. The van der Waals surface area contributed by atoms with Gasteiger partial charge in [-0.1, -0.05) is 0 Å². The van der Waals surface area contributed by atoms with E-state index in [4.69, 9.17) is 9.47 Å². The molecule has 7 nitrogen and oxygen atoms in total. The lowest BCUT2D eigenvalue weighted by Gasteiger charge is -2.41. The van der Waals surface area contributed by atoms with Gasteiger partial charge in [0.15, 0.2) is 0 Å². The first-order valence-electron chi connectivity index (χ1n) is 9.76. The summed E-state index contributed by atoms with van der Waals surface area (Å²) in [6, 6.07) is 2.84. The van der Waals surface area contributed by atoms with Crippen LogP contribution in [-0.2, 0) is 9.53 Å². The third-order valence-electron chi connectivity index (χ3n) is 5.44. The lowest BCUT2D eigenvalue weighted by atomic mass is 9.90. The Morgan fingerprint density at radius 3 is 2.41 bits per heavy atom. The number of carbonyl (C=O) groups is 1. The molecule has 0 spiro atoms. The number of hydrogen-bond donors (Lipinski definition) is 2. The van der Waals surface area contributed by atoms with Gasteiger partial charge >= 0.3 is 0 Å². The summed E-state index contributed by atoms with van der Waals surface area (Å²) in [6.07, 6.45) is 0.920. The van der Waals surface area contributed by atoms with Crippen molar-refractivity contribution in [2.75, 3.05) is 52.5 Å². The van der Waals surface area contributed by atoms with E-state index in [9.17, 15) is 23.8 Å². The van der Waals surface area contributed by atoms with Crippen LogP contribution in [0.25, 0.3) is 0 Å². The lowest BCUT2D eigenvalue weighted by molar-refractivity contribution is -0.134. The maximum absolute atomic E-state index is 13.3. The van der Waals surface area contributed by atoms with Gasteiger partial charge in [0.25, 0.3) is 0 Å². The van der Waals surface area contributed by atoms with E-state index in [0.29, 0.717) is 45.6 Å². The zero-order chi connectivity index (χ0) is 21.1. The van der Waals surface area contributed by atoms with Crippen LogP contribution >= 0.6 is 0 Å². The van der Waals surface area contributed by atoms with E-state index >= 15 is 0 Å². The van der Waals surface area contributed by atoms with Crippen molar-refractivity contribution in [2.45, 2.75) is 31.0 Å². The smallest absolute Gasteiger partial charge is 0.219 e. The fourth-order valence-electron chi connectivity index (χ4n) is 3.86. The second kappa shape index (κ2) is 8.91. The maximum Gasteiger partial charge on any atom is 0.219 e. The highest BCUT2D eigenvalue weighted by atomic mass is 19.1. The summed E-state index contributed by atoms with van der Waals surface area (Å²) in [5, 5.41) is 21.9. The van der Waals surface area contributed by atoms with Gasteiger partial charge in [-0.2, -0.15) is 0 Å². The Morgan fingerprint density at radius 2 is 1.79 bits per heavy atom. The number of piperidine rings is 1. The summed E-state index contributed by atoms with van der Waals surface area (Å²) < 4.78 is 37.6. The zero-order valence-corrected chi connectivity index (χ0v) is 16.6. The molecule has 2 saturated heterocycles. The molecule has 162 valence electrons. The SMILES string of the molecule is CC(=O)N1CCC(O)(CN2CCOC[C@](O)(COc3cc(F)cc(F)c3)C2)CC1. The lowest BCUT2D eigenvalue weighted by Crippen LogP contribution is -2.55. The number of aliphatic hydroxyl groups is 2. The number of likely N-dealkylation sites (tertiary alicyclic amines) is 1. The number of benzene rings is 1. The molecule has 1 aromatic rings. The quantitative estimate of drug-likeness (QED) is 0.741. The number of amides is 1. The fraction of sp³-hybridized carbons (Fsp3) is 0.650. The molecule has 0 bridgehead atoms. The van der Waals surface area contributed by atoms with Crippen molar-refractivity contribution in [1.29, 1.82) is 0 Å². The normalized spacial score (nSPS) is 25.5. The molecule has 1 atom stereocenters. The molecule has 3 rings (SSSR count). The van der Waals surface area contributed by atoms with Crippen molar-refractivity contribution in [3.05, 3.63) is 29.8 Å². The molecular weight excluding hydrogens is 386 g/mol. The van der Waals surface area contributed by atoms with Crippen LogP contribution in [-0.4, -0.2) is 89.7 Å². The van der Waals surface area contributed by atoms with E-state index in [-0.39, 0.29) is 31.4 Å². The molecule has 2 fully saturated rings. The Labute approximate surface area is 168 Å². The summed E-state index contributed by atoms with van der Waals surface area (Å²) in [7, 11) is 0. The molecule has 1 aromatic carbocycles. The van der Waals surface area contributed by atoms with Crippen LogP contribution in [0.1, 0.15) is 19.8 Å². The Bertz CT molecular complexity index is 707. The van der Waals surface area contributed by atoms with Gasteiger partial charge in [0.2, 0.25) is 5.91 Å². The average Bonchev–Trinajstić information content (AvgIpc) is 2.81. The average molecular weight is 414 g/mol. The third kappa shape index (κ3) is 6.08. The van der Waals surface area contributed by atoms with Gasteiger partial charge in [-0.3, -0.25) is 9.69 Å². The highest BCUT2D eigenvalue weighted by Crippen LogP contribution is 2.25. The molecule has 2 aliphatic rings. The van der Waals surface area contributed by atoms with E-state index in [1.54, 1.807) is 4.90 Å². The third-order valence-corrected chi connectivity index (χ3v) is 5.44. The van der Waals surface area contributed by atoms with Crippen LogP contribution in [0.15, 0.2) is 18.2 Å². The van der Waals surface area contributed by atoms with Crippen molar-refractivity contribution in [2.24, 2.45) is 0 Å². The topological polar surface area (TPSA) is 82.5 Å². The van der Waals surface area contributed by atoms with E-state index < -0.39 is 22.8 Å². The van der Waals surface area contributed by atoms with Gasteiger partial charge in [-0.05, 0) is 12.8 Å². The molecule has 2 heterocycles. The standard InChI is InChI=1S/C20H28F2N2O5/c1-15(25)24-4-2-19(26,3-5-24)11-23-6-7-28-13-20(27,12-23)14-29-18-9-16(21)8-17(22)10-18/h8-10,26-27H,2-7,11-14H2,1H3/t20-/m0/s1. The van der Waals surface area contributed by atoms with Crippen LogP contribution < -0.4 is 4.74 Å². The van der Waals surface area contributed by atoms with Crippen molar-refractivity contribution in [3.8, 4) is 5.75 Å². The predicted octanol–water partition coefficient (Wildman–Crippen LogP) is 0.780. The first-order valence-corrected chi connectivity index (χ1v) is 9.76. The maximum atomic E-state index is 13.3. The number of nitrogens with zero attached hydrogens (tertiary/aromatic N) is 2. The summed E-state index contributed by atoms with van der Waals surface area (Å²) in [6.45, 7) is 3.73. The summed E-state index contributed by atoms with van der Waals surface area (Å²) in [4.78, 5) is 15.1. The van der Waals surface area contributed by atoms with Crippen LogP contribution in [0.4, 0.5) is 8.78 Å². The van der Waals surface area contributed by atoms with Crippen molar-refractivity contribution in [3.63, 3.8) is 0 Å². The van der Waals surface area contributed by atoms with Gasteiger partial charge in [-0.25, -0.2) is 8.78 Å². The van der Waals surface area contributed by atoms with Gasteiger partial charge < -0.3 is 24.6 Å². The van der Waals surface area contributed by atoms with Crippen LogP contribution in [0, 0.1) is 11.6 Å². The molecule has 0 aromatic heterocycles. The highest BCUT2D eigenvalue weighted by molar-refractivity contribution is 5.73. The van der Waals surface area contributed by atoms with Gasteiger partial charge in [0.05, 0.1) is 18.8 Å². The van der Waals surface area contributed by atoms with Gasteiger partial charge in [0.1, 0.15) is 29.6 Å². The molecule has 0 unspecified atom stereocenters. The van der Waals surface area contributed by atoms with E-state index in [0.717, 1.165) is 18.2 Å². The Kier molecular flexibility index (Phi) is 6.72. The minimum Gasteiger partial charge on any atom is -0.490 e. The van der Waals surface area contributed by atoms with Crippen molar-refractivity contribution >= 4 is 5.91 Å². The summed E-state index contributed by atoms with van der Waals surface area (Å²) in [5.74, 6) is -1.53. The number of rotatable bonds is 5. The van der Waals surface area contributed by atoms with Crippen LogP contribution in [0.5, 0.6) is 5.75 Å². The molecule has 9 heteroatoms. The largest absolute Gasteiger partial charge is 0.490 e. The number of carbonyl (C=O) groups excluding carboxylic acids is 1. The van der Waals surface area contributed by atoms with Crippen LogP contribution in [0.3, 0.4) is 0 Å². The highest BCUT2D eigenvalue weighted by Gasteiger charge is 2.39. The van der Waals surface area contributed by atoms with Crippen molar-refractivity contribution in [1.82, 2.24) is 9.80 Å². The molecule has 0 aliphatic carbocycles. The molecule has 1 amide bonds. The zero-order valence-electron chi connectivity index (χ0n) is 16.6. The van der Waals surface area contributed by atoms with Gasteiger partial charge in [0, 0.05) is 57.8 Å². The Balaban J connectivity index is 1.59. The molecular formula is C20H28F2N2O5. The van der Waals surface area contributed by atoms with E-state index in [1.165, 1.54) is 6.92 Å². The summed E-state index contributed by atoms with van der Waals surface area (Å²) >= 11 is 0. The minimum atomic E-state index is -1.39. The number of ether oxygens (including phenoxy) is 2. The second-order valence-electron chi connectivity index (χ2n) is 8.11. The van der Waals surface area contributed by atoms with E-state index in [2.05, 4.69) is 0 Å². The molecule has 2 N–H and O–H groups in total. The number of β-amino-alcohol motifs (C(OH)–C–C–N with tert-alkyl or cyclic N) is 2. The Morgan fingerprint density at radius 1 is 1.14 bits per heavy atom. The Hall–Kier alpha value is -1.81. The summed E-state index contributed by atoms with van der Waals surface area (Å²) in [5.41, 5.74) is -2.35. The first-order chi connectivity index (χ1) is 13.7. The molecule has 29 heavy (non-hydrogen) atoms. The molecule has 0 radical (unpaired) electrons. The monoisotopic (exact) mass is 414 g/mol. The first kappa shape index (κ1) is 21.9. The van der Waals surface area contributed by atoms with Crippen molar-refractivity contribution < 1.29 is 33.3 Å². The molecule has 2 aliphatic heterocycles.